The third-order valence-electron chi connectivity index (χ3n) is 2.71. The Morgan fingerprint density at radius 1 is 1.39 bits per heavy atom. The molecule has 0 aliphatic carbocycles. The lowest BCUT2D eigenvalue weighted by Gasteiger charge is -2.12. The number of aromatic nitrogens is 2. The van der Waals surface area contributed by atoms with E-state index in [9.17, 15) is 4.39 Å². The van der Waals surface area contributed by atoms with E-state index < -0.39 is 0 Å². The maximum Gasteiger partial charge on any atom is 0.141 e. The summed E-state index contributed by atoms with van der Waals surface area (Å²) in [5, 5.41) is 4.43. The highest BCUT2D eigenvalue weighted by molar-refractivity contribution is 7.11. The Balaban J connectivity index is 2.00. The molecule has 2 aromatic rings. The van der Waals surface area contributed by atoms with Gasteiger partial charge < -0.3 is 5.32 Å². The molecule has 0 bridgehead atoms. The number of hydrogen-bond acceptors (Lipinski definition) is 4. The van der Waals surface area contributed by atoms with Crippen molar-refractivity contribution in [1.82, 2.24) is 15.3 Å². The van der Waals surface area contributed by atoms with Crippen molar-refractivity contribution < 1.29 is 4.39 Å². The molecule has 0 fully saturated rings. The molecule has 2 aromatic heterocycles. The van der Waals surface area contributed by atoms with Gasteiger partial charge in [-0.3, -0.25) is 4.98 Å². The largest absolute Gasteiger partial charge is 0.305 e. The molecule has 2 heterocycles. The van der Waals surface area contributed by atoms with Crippen molar-refractivity contribution in [3.63, 3.8) is 0 Å². The van der Waals surface area contributed by atoms with Crippen LogP contribution in [0.5, 0.6) is 0 Å². The van der Waals surface area contributed by atoms with Crippen molar-refractivity contribution in [2.24, 2.45) is 0 Å². The van der Waals surface area contributed by atoms with Crippen LogP contribution in [0.3, 0.4) is 0 Å². The van der Waals surface area contributed by atoms with E-state index >= 15 is 0 Å². The van der Waals surface area contributed by atoms with Crippen LogP contribution < -0.4 is 5.32 Å². The highest BCUT2D eigenvalue weighted by atomic mass is 32.1. The fraction of sp³-hybridized carbons (Fsp3) is 0.385. The van der Waals surface area contributed by atoms with Crippen molar-refractivity contribution in [3.8, 4) is 0 Å². The topological polar surface area (TPSA) is 37.8 Å². The van der Waals surface area contributed by atoms with Crippen LogP contribution in [-0.2, 0) is 6.54 Å². The number of rotatable bonds is 4. The lowest BCUT2D eigenvalue weighted by molar-refractivity contribution is 0.570. The fourth-order valence-electron chi connectivity index (χ4n) is 1.86. The van der Waals surface area contributed by atoms with Crippen LogP contribution in [0.2, 0.25) is 0 Å². The first-order chi connectivity index (χ1) is 8.56. The highest BCUT2D eigenvalue weighted by Gasteiger charge is 2.12. The summed E-state index contributed by atoms with van der Waals surface area (Å²) in [4.78, 5) is 9.47. The van der Waals surface area contributed by atoms with Gasteiger partial charge in [-0.2, -0.15) is 0 Å². The molecule has 0 aliphatic heterocycles. The lowest BCUT2D eigenvalue weighted by atomic mass is 10.2. The van der Waals surface area contributed by atoms with Crippen LogP contribution in [-0.4, -0.2) is 9.97 Å². The van der Waals surface area contributed by atoms with E-state index in [4.69, 9.17) is 0 Å². The van der Waals surface area contributed by atoms with E-state index in [0.717, 1.165) is 16.3 Å². The molecule has 18 heavy (non-hydrogen) atoms. The monoisotopic (exact) mass is 265 g/mol. The van der Waals surface area contributed by atoms with Gasteiger partial charge in [0.05, 0.1) is 16.9 Å². The molecule has 1 atom stereocenters. The van der Waals surface area contributed by atoms with E-state index in [1.165, 1.54) is 17.1 Å². The molecule has 3 nitrogen and oxygen atoms in total. The predicted octanol–water partition coefficient (Wildman–Crippen LogP) is 3.14. The van der Waals surface area contributed by atoms with Crippen molar-refractivity contribution >= 4 is 11.3 Å². The molecule has 5 heteroatoms. The Labute approximate surface area is 110 Å². The summed E-state index contributed by atoms with van der Waals surface area (Å²) < 4.78 is 13.0. The van der Waals surface area contributed by atoms with Crippen molar-refractivity contribution in [2.75, 3.05) is 0 Å². The highest BCUT2D eigenvalue weighted by Crippen LogP contribution is 2.24. The number of nitrogens with one attached hydrogen (secondary N) is 1. The maximum atomic E-state index is 13.0. The fourth-order valence-corrected chi connectivity index (χ4v) is 2.82. The summed E-state index contributed by atoms with van der Waals surface area (Å²) >= 11 is 1.70. The van der Waals surface area contributed by atoms with Crippen LogP contribution in [0.25, 0.3) is 0 Å². The predicted molar refractivity (Wildman–Crippen MR) is 71.0 cm³/mol. The van der Waals surface area contributed by atoms with Gasteiger partial charge in [0, 0.05) is 23.7 Å². The maximum absolute atomic E-state index is 13.0. The van der Waals surface area contributed by atoms with Gasteiger partial charge in [-0.15, -0.1) is 11.3 Å². The zero-order chi connectivity index (χ0) is 13.1. The van der Waals surface area contributed by atoms with Crippen LogP contribution in [0.1, 0.15) is 34.1 Å². The van der Waals surface area contributed by atoms with Gasteiger partial charge in [-0.05, 0) is 32.4 Å². The second kappa shape index (κ2) is 5.54. The SMILES string of the molecule is Cc1nc(C)c(C(C)NCc2cncc(F)c2)s1. The number of aryl methyl sites for hydroxylation is 2. The summed E-state index contributed by atoms with van der Waals surface area (Å²) in [5.74, 6) is -0.299. The molecule has 2 rings (SSSR count). The van der Waals surface area contributed by atoms with Gasteiger partial charge in [0.1, 0.15) is 5.82 Å². The molecule has 96 valence electrons. The smallest absolute Gasteiger partial charge is 0.141 e. The minimum absolute atomic E-state index is 0.208. The number of pyridine rings is 1. The third-order valence-corrected chi connectivity index (χ3v) is 3.96. The average Bonchev–Trinajstić information content (AvgIpc) is 2.66. The van der Waals surface area contributed by atoms with Crippen LogP contribution in [0, 0.1) is 19.7 Å². The number of hydrogen-bond donors (Lipinski definition) is 1. The van der Waals surface area contributed by atoms with E-state index in [2.05, 4.69) is 22.2 Å². The first-order valence-corrected chi connectivity index (χ1v) is 6.64. The summed E-state index contributed by atoms with van der Waals surface area (Å²) in [5.41, 5.74) is 1.91. The standard InChI is InChI=1S/C13H16FN3S/c1-8(13-9(2)17-10(3)18-13)16-6-11-4-12(14)7-15-5-11/h4-5,7-8,16H,6H2,1-3H3. The molecule has 1 unspecified atom stereocenters. The Morgan fingerprint density at radius 3 is 2.78 bits per heavy atom. The lowest BCUT2D eigenvalue weighted by Crippen LogP contribution is -2.18. The van der Waals surface area contributed by atoms with Crippen LogP contribution >= 0.6 is 11.3 Å². The summed E-state index contributed by atoms with van der Waals surface area (Å²) in [6.07, 6.45) is 2.89. The second-order valence-electron chi connectivity index (χ2n) is 4.30. The van der Waals surface area contributed by atoms with Crippen molar-refractivity contribution in [2.45, 2.75) is 33.4 Å². The minimum atomic E-state index is -0.299. The van der Waals surface area contributed by atoms with E-state index in [-0.39, 0.29) is 11.9 Å². The molecule has 0 amide bonds. The molecular weight excluding hydrogens is 249 g/mol. The quantitative estimate of drug-likeness (QED) is 0.923. The molecule has 0 aliphatic rings. The number of halogens is 1. The summed E-state index contributed by atoms with van der Waals surface area (Å²) in [6.45, 7) is 6.71. The van der Waals surface area contributed by atoms with Gasteiger partial charge in [0.15, 0.2) is 0 Å². The number of nitrogens with zero attached hydrogens (tertiary/aromatic N) is 2. The van der Waals surface area contributed by atoms with Crippen LogP contribution in [0.15, 0.2) is 18.5 Å². The summed E-state index contributed by atoms with van der Waals surface area (Å²) in [7, 11) is 0. The molecule has 0 spiro atoms. The Morgan fingerprint density at radius 2 is 2.17 bits per heavy atom. The van der Waals surface area contributed by atoms with Crippen molar-refractivity contribution in [1.29, 1.82) is 0 Å². The Hall–Kier alpha value is -1.33. The zero-order valence-electron chi connectivity index (χ0n) is 10.7. The van der Waals surface area contributed by atoms with Crippen LogP contribution in [0.4, 0.5) is 4.39 Å². The van der Waals surface area contributed by atoms with Gasteiger partial charge >= 0.3 is 0 Å². The molecule has 0 saturated carbocycles. The van der Waals surface area contributed by atoms with Crippen molar-refractivity contribution in [3.05, 3.63) is 45.4 Å². The normalized spacial score (nSPS) is 12.7. The first-order valence-electron chi connectivity index (χ1n) is 5.83. The van der Waals surface area contributed by atoms with E-state index in [1.807, 2.05) is 13.8 Å². The molecule has 0 saturated heterocycles. The molecule has 0 aromatic carbocycles. The van der Waals surface area contributed by atoms with Gasteiger partial charge in [0.25, 0.3) is 0 Å². The van der Waals surface area contributed by atoms with Gasteiger partial charge in [-0.25, -0.2) is 9.37 Å². The zero-order valence-corrected chi connectivity index (χ0v) is 11.5. The average molecular weight is 265 g/mol. The van der Waals surface area contributed by atoms with E-state index in [0.29, 0.717) is 6.54 Å². The van der Waals surface area contributed by atoms with Gasteiger partial charge in [0.2, 0.25) is 0 Å². The molecular formula is C13H16FN3S. The summed E-state index contributed by atoms with van der Waals surface area (Å²) in [6, 6.07) is 1.71. The minimum Gasteiger partial charge on any atom is -0.305 e. The molecule has 1 N–H and O–H groups in total. The number of thiazole rings is 1. The van der Waals surface area contributed by atoms with Gasteiger partial charge in [-0.1, -0.05) is 0 Å². The first kappa shape index (κ1) is 13.1. The second-order valence-corrected chi connectivity index (χ2v) is 5.53. The molecule has 0 radical (unpaired) electrons. The Bertz CT molecular complexity index is 539. The third kappa shape index (κ3) is 3.11. The Kier molecular flexibility index (Phi) is 4.04. The van der Waals surface area contributed by atoms with E-state index in [1.54, 1.807) is 17.5 Å².